The molecule has 0 saturated carbocycles. The predicted molar refractivity (Wildman–Crippen MR) is 72.2 cm³/mol. The van der Waals surface area contributed by atoms with E-state index in [1.165, 1.54) is 34.2 Å². The number of ether oxygens (including phenoxy) is 1. The highest BCUT2D eigenvalue weighted by atomic mass is 16.5. The predicted octanol–water partition coefficient (Wildman–Crippen LogP) is 4.24. The summed E-state index contributed by atoms with van der Waals surface area (Å²) >= 11 is 0. The van der Waals surface area contributed by atoms with Gasteiger partial charge >= 0.3 is 0 Å². The zero-order chi connectivity index (χ0) is 12.4. The van der Waals surface area contributed by atoms with E-state index in [0.29, 0.717) is 6.10 Å². The molecule has 0 saturated heterocycles. The van der Waals surface area contributed by atoms with Crippen molar-refractivity contribution in [3.05, 3.63) is 46.2 Å². The third kappa shape index (κ3) is 2.91. The Kier molecular flexibility index (Phi) is 3.56. The van der Waals surface area contributed by atoms with Gasteiger partial charge in [0.2, 0.25) is 0 Å². The molecule has 1 aromatic rings. The molecule has 0 aliphatic carbocycles. The van der Waals surface area contributed by atoms with Crippen molar-refractivity contribution in [3.8, 4) is 0 Å². The smallest absolute Gasteiger partial charge is 0.0953 e. The second-order valence-corrected chi connectivity index (χ2v) is 5.29. The first-order valence-corrected chi connectivity index (χ1v) is 6.46. The van der Waals surface area contributed by atoms with E-state index in [9.17, 15) is 0 Å². The van der Waals surface area contributed by atoms with Crippen molar-refractivity contribution in [3.63, 3.8) is 0 Å². The van der Waals surface area contributed by atoms with Crippen molar-refractivity contribution in [1.82, 2.24) is 0 Å². The van der Waals surface area contributed by atoms with Crippen LogP contribution in [0.3, 0.4) is 0 Å². The second kappa shape index (κ2) is 4.95. The summed E-state index contributed by atoms with van der Waals surface area (Å²) in [7, 11) is 0. The molecule has 1 heteroatoms. The minimum atomic E-state index is 0.389. The summed E-state index contributed by atoms with van der Waals surface area (Å²) in [6.45, 7) is 8.71. The summed E-state index contributed by atoms with van der Waals surface area (Å²) in [4.78, 5) is 0. The van der Waals surface area contributed by atoms with Crippen LogP contribution >= 0.6 is 0 Å². The monoisotopic (exact) mass is 230 g/mol. The SMILES string of the molecule is Cc1cc(CC2=COC(C)CC2)cc(C)c1C. The van der Waals surface area contributed by atoms with Crippen LogP contribution < -0.4 is 0 Å². The molecule has 0 amide bonds. The minimum absolute atomic E-state index is 0.389. The number of aryl methyl sites for hydroxylation is 2. The molecule has 0 aromatic heterocycles. The molecule has 0 N–H and O–H groups in total. The van der Waals surface area contributed by atoms with Gasteiger partial charge in [-0.3, -0.25) is 0 Å². The topological polar surface area (TPSA) is 9.23 Å². The first-order valence-electron chi connectivity index (χ1n) is 6.46. The molecule has 1 aromatic carbocycles. The van der Waals surface area contributed by atoms with E-state index in [0.717, 1.165) is 12.8 Å². The molecule has 1 aliphatic heterocycles. The Morgan fingerprint density at radius 2 is 1.82 bits per heavy atom. The van der Waals surface area contributed by atoms with Gasteiger partial charge in [-0.25, -0.2) is 0 Å². The average molecular weight is 230 g/mol. The van der Waals surface area contributed by atoms with Crippen molar-refractivity contribution in [1.29, 1.82) is 0 Å². The summed E-state index contributed by atoms with van der Waals surface area (Å²) in [6, 6.07) is 4.61. The van der Waals surface area contributed by atoms with Gasteiger partial charge in [0.1, 0.15) is 0 Å². The van der Waals surface area contributed by atoms with Crippen LogP contribution in [0.2, 0.25) is 0 Å². The quantitative estimate of drug-likeness (QED) is 0.738. The zero-order valence-electron chi connectivity index (χ0n) is 11.3. The molecule has 17 heavy (non-hydrogen) atoms. The molecular formula is C16H22O. The Hall–Kier alpha value is -1.24. The second-order valence-electron chi connectivity index (χ2n) is 5.29. The maximum atomic E-state index is 5.58. The first-order chi connectivity index (χ1) is 8.06. The van der Waals surface area contributed by atoms with E-state index in [1.54, 1.807) is 0 Å². The standard InChI is InChI=1S/C16H22O/c1-11-7-16(8-12(2)14(11)4)9-15-6-5-13(3)17-10-15/h7-8,10,13H,5-6,9H2,1-4H3. The van der Waals surface area contributed by atoms with E-state index in [4.69, 9.17) is 4.74 Å². The van der Waals surface area contributed by atoms with Crippen molar-refractivity contribution in [2.45, 2.75) is 53.1 Å². The fourth-order valence-electron chi connectivity index (χ4n) is 2.35. The lowest BCUT2D eigenvalue weighted by atomic mass is 9.94. The summed E-state index contributed by atoms with van der Waals surface area (Å²) in [5.41, 5.74) is 7.04. The van der Waals surface area contributed by atoms with Crippen LogP contribution in [0, 0.1) is 20.8 Å². The van der Waals surface area contributed by atoms with E-state index in [2.05, 4.69) is 39.8 Å². The molecular weight excluding hydrogens is 208 g/mol. The maximum absolute atomic E-state index is 5.58. The average Bonchev–Trinajstić information content (AvgIpc) is 2.29. The minimum Gasteiger partial charge on any atom is -0.498 e. The lowest BCUT2D eigenvalue weighted by molar-refractivity contribution is 0.135. The zero-order valence-corrected chi connectivity index (χ0v) is 11.3. The van der Waals surface area contributed by atoms with E-state index in [-0.39, 0.29) is 0 Å². The third-order valence-electron chi connectivity index (χ3n) is 3.76. The van der Waals surface area contributed by atoms with Crippen molar-refractivity contribution in [2.24, 2.45) is 0 Å². The van der Waals surface area contributed by atoms with Crippen molar-refractivity contribution < 1.29 is 4.74 Å². The fourth-order valence-corrected chi connectivity index (χ4v) is 2.35. The van der Waals surface area contributed by atoms with Crippen molar-refractivity contribution >= 4 is 0 Å². The number of hydrogen-bond acceptors (Lipinski definition) is 1. The number of allylic oxidation sites excluding steroid dienone is 1. The van der Waals surface area contributed by atoms with Gasteiger partial charge in [-0.1, -0.05) is 12.1 Å². The highest BCUT2D eigenvalue weighted by Crippen LogP contribution is 2.23. The van der Waals surface area contributed by atoms with Gasteiger partial charge < -0.3 is 4.74 Å². The van der Waals surface area contributed by atoms with Crippen LogP contribution in [-0.2, 0) is 11.2 Å². The molecule has 0 bridgehead atoms. The Labute approximate surface area is 104 Å². The van der Waals surface area contributed by atoms with Gasteiger partial charge in [-0.15, -0.1) is 0 Å². The van der Waals surface area contributed by atoms with Crippen LogP contribution in [0.4, 0.5) is 0 Å². The molecule has 92 valence electrons. The van der Waals surface area contributed by atoms with Gasteiger partial charge in [0.25, 0.3) is 0 Å². The Morgan fingerprint density at radius 3 is 2.35 bits per heavy atom. The summed E-state index contributed by atoms with van der Waals surface area (Å²) in [6.07, 6.45) is 5.72. The third-order valence-corrected chi connectivity index (χ3v) is 3.76. The molecule has 0 spiro atoms. The Morgan fingerprint density at radius 1 is 1.18 bits per heavy atom. The lowest BCUT2D eigenvalue weighted by Gasteiger charge is -2.20. The Bertz CT molecular complexity index is 420. The van der Waals surface area contributed by atoms with Gasteiger partial charge in [0.05, 0.1) is 12.4 Å². The van der Waals surface area contributed by atoms with Gasteiger partial charge in [-0.2, -0.15) is 0 Å². The van der Waals surface area contributed by atoms with Crippen LogP contribution in [-0.4, -0.2) is 6.10 Å². The number of benzene rings is 1. The molecule has 2 rings (SSSR count). The summed E-state index contributed by atoms with van der Waals surface area (Å²) in [5.74, 6) is 0. The molecule has 0 radical (unpaired) electrons. The first kappa shape index (κ1) is 12.2. The fraction of sp³-hybridized carbons (Fsp3) is 0.500. The molecule has 0 fully saturated rings. The van der Waals surface area contributed by atoms with Crippen LogP contribution in [0.5, 0.6) is 0 Å². The molecule has 1 atom stereocenters. The Balaban J connectivity index is 2.14. The van der Waals surface area contributed by atoms with Crippen LogP contribution in [0.25, 0.3) is 0 Å². The molecule has 1 unspecified atom stereocenters. The summed E-state index contributed by atoms with van der Waals surface area (Å²) < 4.78 is 5.58. The molecule has 1 aliphatic rings. The van der Waals surface area contributed by atoms with E-state index < -0.39 is 0 Å². The van der Waals surface area contributed by atoms with Gasteiger partial charge in [0.15, 0.2) is 0 Å². The molecule has 1 heterocycles. The van der Waals surface area contributed by atoms with Crippen LogP contribution in [0.1, 0.15) is 42.0 Å². The normalized spacial score (nSPS) is 19.8. The van der Waals surface area contributed by atoms with E-state index >= 15 is 0 Å². The molecule has 1 nitrogen and oxygen atoms in total. The van der Waals surface area contributed by atoms with Gasteiger partial charge in [0, 0.05) is 0 Å². The highest BCUT2D eigenvalue weighted by molar-refractivity contribution is 5.38. The number of hydrogen-bond donors (Lipinski definition) is 0. The summed E-state index contributed by atoms with van der Waals surface area (Å²) in [5, 5.41) is 0. The van der Waals surface area contributed by atoms with Crippen molar-refractivity contribution in [2.75, 3.05) is 0 Å². The lowest BCUT2D eigenvalue weighted by Crippen LogP contribution is -2.11. The maximum Gasteiger partial charge on any atom is 0.0953 e. The number of rotatable bonds is 2. The van der Waals surface area contributed by atoms with Crippen LogP contribution in [0.15, 0.2) is 24.0 Å². The van der Waals surface area contributed by atoms with E-state index in [1.807, 2.05) is 6.26 Å². The van der Waals surface area contributed by atoms with Gasteiger partial charge in [-0.05, 0) is 74.8 Å². The highest BCUT2D eigenvalue weighted by Gasteiger charge is 2.11. The largest absolute Gasteiger partial charge is 0.498 e.